The fourth-order valence-electron chi connectivity index (χ4n) is 5.85. The minimum atomic E-state index is -1.28. The van der Waals surface area contributed by atoms with Crippen LogP contribution in [0.4, 0.5) is 0 Å². The third-order valence-corrected chi connectivity index (χ3v) is 8.64. The lowest BCUT2D eigenvalue weighted by molar-refractivity contribution is -0.140. The fraction of sp³-hybridized carbons (Fsp3) is 0.769. The predicted octanol–water partition coefficient (Wildman–Crippen LogP) is 10.5. The maximum Gasteiger partial charge on any atom is 0.323 e. The van der Waals surface area contributed by atoms with Crippen molar-refractivity contribution in [2.24, 2.45) is 0 Å². The van der Waals surface area contributed by atoms with Crippen molar-refractivity contribution in [1.29, 1.82) is 0 Å². The van der Waals surface area contributed by atoms with Gasteiger partial charge in [0.1, 0.15) is 24.6 Å². The lowest BCUT2D eigenvalue weighted by atomic mass is 10.1. The van der Waals surface area contributed by atoms with E-state index in [-0.39, 0.29) is 5.56 Å². The molecule has 0 heterocycles. The van der Waals surface area contributed by atoms with Gasteiger partial charge in [0.05, 0.1) is 18.8 Å². The fourth-order valence-corrected chi connectivity index (χ4v) is 5.85. The van der Waals surface area contributed by atoms with Gasteiger partial charge in [0.2, 0.25) is 0 Å². The van der Waals surface area contributed by atoms with E-state index < -0.39 is 30.9 Å². The number of hydrogen-bond acceptors (Lipinski definition) is 5. The van der Waals surface area contributed by atoms with Gasteiger partial charge in [-0.25, -0.2) is 0 Å². The largest absolute Gasteiger partial charge is 0.494 e. The normalized spacial score (nSPS) is 11.0. The van der Waals surface area contributed by atoms with Crippen LogP contribution < -0.4 is 9.47 Å². The van der Waals surface area contributed by atoms with E-state index in [9.17, 15) is 24.6 Å². The Hall–Kier alpha value is -2.77. The van der Waals surface area contributed by atoms with Gasteiger partial charge >= 0.3 is 11.9 Å². The van der Waals surface area contributed by atoms with Crippen molar-refractivity contribution in [3.63, 3.8) is 0 Å². The molecule has 47 heavy (non-hydrogen) atoms. The Morgan fingerprint density at radius 3 is 1.28 bits per heavy atom. The van der Waals surface area contributed by atoms with E-state index in [2.05, 4.69) is 13.8 Å². The zero-order valence-electron chi connectivity index (χ0n) is 29.9. The van der Waals surface area contributed by atoms with E-state index in [1.165, 1.54) is 122 Å². The number of hydrogen-bond donors (Lipinski definition) is 2. The van der Waals surface area contributed by atoms with Gasteiger partial charge in [-0.15, -0.1) is 0 Å². The molecule has 1 amide bonds. The summed E-state index contributed by atoms with van der Waals surface area (Å²) in [4.78, 5) is 37.0. The molecule has 0 spiro atoms. The maximum absolute atomic E-state index is 13.4. The third kappa shape index (κ3) is 23.2. The molecule has 0 radical (unpaired) electrons. The second-order valence-corrected chi connectivity index (χ2v) is 13.1. The number of carbonyl (C=O) groups excluding carboxylic acids is 1. The van der Waals surface area contributed by atoms with Crippen LogP contribution in [0.5, 0.6) is 11.5 Å². The number of aliphatic carboxylic acids is 2. The Kier molecular flexibility index (Phi) is 26.4. The molecule has 1 rings (SSSR count). The monoisotopic (exact) mass is 661 g/mol. The van der Waals surface area contributed by atoms with Crippen molar-refractivity contribution in [2.45, 2.75) is 168 Å². The van der Waals surface area contributed by atoms with Crippen LogP contribution in [-0.4, -0.2) is 59.3 Å². The van der Waals surface area contributed by atoms with Crippen molar-refractivity contribution in [2.75, 3.05) is 26.3 Å². The molecule has 0 aliphatic heterocycles. The number of carboxylic acids is 2. The number of ether oxygens (including phenoxy) is 2. The minimum Gasteiger partial charge on any atom is -0.494 e. The zero-order valence-corrected chi connectivity index (χ0v) is 29.9. The van der Waals surface area contributed by atoms with Crippen molar-refractivity contribution in [3.05, 3.63) is 23.8 Å². The first-order valence-corrected chi connectivity index (χ1v) is 19.0. The third-order valence-electron chi connectivity index (χ3n) is 8.64. The molecule has 0 unspecified atom stereocenters. The van der Waals surface area contributed by atoms with E-state index in [1.54, 1.807) is 18.2 Å². The summed E-state index contributed by atoms with van der Waals surface area (Å²) in [7, 11) is 0. The molecular weight excluding hydrogens is 594 g/mol. The molecule has 0 fully saturated rings. The number of nitrogens with zero attached hydrogens (tertiary/aromatic N) is 1. The van der Waals surface area contributed by atoms with Gasteiger partial charge in [-0.05, 0) is 31.0 Å². The van der Waals surface area contributed by atoms with Crippen LogP contribution in [0.3, 0.4) is 0 Å². The van der Waals surface area contributed by atoms with Gasteiger partial charge < -0.3 is 24.6 Å². The number of benzene rings is 1. The van der Waals surface area contributed by atoms with E-state index in [1.807, 2.05) is 0 Å². The summed E-state index contributed by atoms with van der Waals surface area (Å²) in [6.45, 7) is 4.00. The Morgan fingerprint density at radius 1 is 0.532 bits per heavy atom. The first-order chi connectivity index (χ1) is 22.9. The first kappa shape index (κ1) is 42.3. The van der Waals surface area contributed by atoms with Crippen molar-refractivity contribution < 1.29 is 34.1 Å². The van der Waals surface area contributed by atoms with Gasteiger partial charge in [-0.3, -0.25) is 14.4 Å². The second-order valence-electron chi connectivity index (χ2n) is 13.1. The van der Waals surface area contributed by atoms with E-state index in [4.69, 9.17) is 9.47 Å². The summed E-state index contributed by atoms with van der Waals surface area (Å²) < 4.78 is 11.9. The average Bonchev–Trinajstić information content (AvgIpc) is 3.04. The summed E-state index contributed by atoms with van der Waals surface area (Å²) in [5.74, 6) is -2.46. The summed E-state index contributed by atoms with van der Waals surface area (Å²) in [6.07, 6.45) is 29.8. The van der Waals surface area contributed by atoms with E-state index in [0.29, 0.717) is 24.7 Å². The van der Waals surface area contributed by atoms with Crippen LogP contribution in [0.25, 0.3) is 0 Å². The van der Waals surface area contributed by atoms with Crippen LogP contribution in [0, 0.1) is 0 Å². The first-order valence-electron chi connectivity index (χ1n) is 19.0. The van der Waals surface area contributed by atoms with Gasteiger partial charge in [0, 0.05) is 0 Å². The van der Waals surface area contributed by atoms with E-state index >= 15 is 0 Å². The minimum absolute atomic E-state index is 0.124. The average molecular weight is 662 g/mol. The summed E-state index contributed by atoms with van der Waals surface area (Å²) in [5.41, 5.74) is 0.124. The molecule has 2 N–H and O–H groups in total. The molecule has 0 saturated heterocycles. The standard InChI is InChI=1S/C39H67NO7/c1-3-5-7-9-11-13-15-17-19-21-23-25-29-46-34-27-28-36(35(31-34)39(45)40(32-37(41)42)33-38(43)44)47-30-26-24-22-20-18-16-14-12-10-8-6-4-2/h27-28,31H,3-26,29-30,32-33H2,1-2H3,(H,41,42)(H,43,44). The molecule has 0 bridgehead atoms. The predicted molar refractivity (Wildman–Crippen MR) is 191 cm³/mol. The highest BCUT2D eigenvalue weighted by Crippen LogP contribution is 2.27. The molecule has 0 aromatic heterocycles. The molecule has 0 atom stereocenters. The highest BCUT2D eigenvalue weighted by Gasteiger charge is 2.25. The van der Waals surface area contributed by atoms with Crippen LogP contribution >= 0.6 is 0 Å². The Morgan fingerprint density at radius 2 is 0.894 bits per heavy atom. The maximum atomic E-state index is 13.4. The molecule has 1 aromatic carbocycles. The Bertz CT molecular complexity index is 935. The van der Waals surface area contributed by atoms with Crippen LogP contribution in [0.2, 0.25) is 0 Å². The van der Waals surface area contributed by atoms with Gasteiger partial charge in [-0.1, -0.05) is 155 Å². The topological polar surface area (TPSA) is 113 Å². The molecule has 270 valence electrons. The zero-order chi connectivity index (χ0) is 34.4. The van der Waals surface area contributed by atoms with Gasteiger partial charge in [0.15, 0.2) is 0 Å². The number of carboxylic acid groups (broad SMARTS) is 2. The summed E-state index contributed by atoms with van der Waals surface area (Å²) in [5, 5.41) is 18.6. The number of rotatable bonds is 33. The van der Waals surface area contributed by atoms with Gasteiger partial charge in [0.25, 0.3) is 5.91 Å². The Labute approximate surface area is 286 Å². The SMILES string of the molecule is CCCCCCCCCCCCCCOc1ccc(OCCCCCCCCCCCCCC)c(C(=O)N(CC(=O)O)CC(=O)O)c1. The lowest BCUT2D eigenvalue weighted by Gasteiger charge is -2.21. The lowest BCUT2D eigenvalue weighted by Crippen LogP contribution is -2.39. The van der Waals surface area contributed by atoms with E-state index in [0.717, 1.165) is 37.0 Å². The number of unbranched alkanes of at least 4 members (excludes halogenated alkanes) is 22. The summed E-state index contributed by atoms with van der Waals surface area (Å²) >= 11 is 0. The molecule has 0 aliphatic carbocycles. The molecular formula is C39H67NO7. The Balaban J connectivity index is 2.53. The molecule has 8 nitrogen and oxygen atoms in total. The quantitative estimate of drug-likeness (QED) is 0.0721. The van der Waals surface area contributed by atoms with Crippen LogP contribution in [-0.2, 0) is 9.59 Å². The molecule has 0 aliphatic rings. The number of amides is 1. The molecule has 1 aromatic rings. The molecule has 8 heteroatoms. The second kappa shape index (κ2) is 29.4. The highest BCUT2D eigenvalue weighted by atomic mass is 16.5. The summed E-state index contributed by atoms with van der Waals surface area (Å²) in [6, 6.07) is 4.98. The van der Waals surface area contributed by atoms with Crippen molar-refractivity contribution in [1.82, 2.24) is 4.90 Å². The highest BCUT2D eigenvalue weighted by molar-refractivity contribution is 6.00. The van der Waals surface area contributed by atoms with Crippen LogP contribution in [0.1, 0.15) is 178 Å². The number of carbonyl (C=O) groups is 3. The molecule has 0 saturated carbocycles. The van der Waals surface area contributed by atoms with Gasteiger partial charge in [-0.2, -0.15) is 0 Å². The smallest absolute Gasteiger partial charge is 0.323 e. The van der Waals surface area contributed by atoms with Crippen LogP contribution in [0.15, 0.2) is 18.2 Å². The van der Waals surface area contributed by atoms with Crippen molar-refractivity contribution in [3.8, 4) is 11.5 Å². The van der Waals surface area contributed by atoms with Crippen molar-refractivity contribution >= 4 is 17.8 Å².